The number of amides is 2. The summed E-state index contributed by atoms with van der Waals surface area (Å²) in [6.45, 7) is 0. The van der Waals surface area contributed by atoms with Crippen LogP contribution >= 0.6 is 0 Å². The van der Waals surface area contributed by atoms with Gasteiger partial charge >= 0.3 is 18.4 Å². The summed E-state index contributed by atoms with van der Waals surface area (Å²) in [4.78, 5) is 25.1. The predicted molar refractivity (Wildman–Crippen MR) is 215 cm³/mol. The van der Waals surface area contributed by atoms with E-state index < -0.39 is 49.6 Å². The molecule has 0 radical (unpaired) electrons. The highest BCUT2D eigenvalue weighted by molar-refractivity contribution is 7.93. The van der Waals surface area contributed by atoms with Crippen LogP contribution < -0.4 is 25.8 Å². The highest BCUT2D eigenvalue weighted by atomic mass is 32.2. The number of carbonyl (C=O) groups excluding carboxylic acids is 2. The topological polar surface area (TPSA) is 189 Å². The van der Waals surface area contributed by atoms with Gasteiger partial charge < -0.3 is 16.4 Å². The molecule has 0 atom stereocenters. The van der Waals surface area contributed by atoms with Gasteiger partial charge in [0.1, 0.15) is 9.79 Å². The summed E-state index contributed by atoms with van der Waals surface area (Å²) in [7, 11) is -7.62. The number of isocyanates is 1. The molecule has 0 aliphatic carbocycles. The van der Waals surface area contributed by atoms with Crippen molar-refractivity contribution >= 4 is 66.3 Å². The van der Waals surface area contributed by atoms with Crippen LogP contribution in [-0.2, 0) is 37.2 Å². The summed E-state index contributed by atoms with van der Waals surface area (Å²) in [5.41, 5.74) is 5.39. The number of sulfonamides is 2. The summed E-state index contributed by atoms with van der Waals surface area (Å²) < 4.78 is 128. The van der Waals surface area contributed by atoms with Gasteiger partial charge in [-0.05, 0) is 97.1 Å². The maximum absolute atomic E-state index is 12.7. The predicted octanol–water partition coefficient (Wildman–Crippen LogP) is 9.89. The van der Waals surface area contributed by atoms with E-state index in [1.54, 1.807) is 72.8 Å². The van der Waals surface area contributed by atoms with Gasteiger partial charge in [0.25, 0.3) is 20.0 Å². The first kappa shape index (κ1) is 45.6. The normalized spacial score (nSPS) is 11.2. The number of hydrogen-bond donors (Lipinski definition) is 5. The highest BCUT2D eigenvalue weighted by Crippen LogP contribution is 2.31. The molecule has 6 aromatic carbocycles. The molecule has 6 N–H and O–H groups in total. The van der Waals surface area contributed by atoms with E-state index in [1.165, 1.54) is 36.4 Å². The number of urea groups is 1. The summed E-state index contributed by atoms with van der Waals surface area (Å²) in [6, 6.07) is 36.0. The number of nitrogens with two attached hydrogens (primary N) is 1. The Kier molecular flexibility index (Phi) is 15.2. The van der Waals surface area contributed by atoms with E-state index >= 15 is 0 Å². The number of anilines is 5. The molecule has 2 amide bonds. The van der Waals surface area contributed by atoms with Gasteiger partial charge in [0, 0.05) is 17.1 Å². The van der Waals surface area contributed by atoms with Crippen LogP contribution in [0.4, 0.5) is 65.3 Å². The Morgan fingerprint density at radius 3 is 1.40 bits per heavy atom. The van der Waals surface area contributed by atoms with Gasteiger partial charge in [-0.15, -0.1) is 0 Å². The molecule has 0 bridgehead atoms. The Morgan fingerprint density at radius 1 is 0.517 bits per heavy atom. The summed E-state index contributed by atoms with van der Waals surface area (Å²) >= 11 is 0. The minimum Gasteiger partial charge on any atom is -0.398 e. The first-order chi connectivity index (χ1) is 28.3. The maximum atomic E-state index is 12.7. The minimum atomic E-state index is -4.49. The smallest absolute Gasteiger partial charge is 0.398 e. The highest BCUT2D eigenvalue weighted by Gasteiger charge is 2.31. The molecule has 60 heavy (non-hydrogen) atoms. The number of aliphatic imine (C=N–C) groups is 1. The van der Waals surface area contributed by atoms with Crippen molar-refractivity contribution in [2.75, 3.05) is 25.8 Å². The molecule has 20 heteroatoms. The third-order valence-electron chi connectivity index (χ3n) is 7.52. The third kappa shape index (κ3) is 13.8. The molecule has 0 aliphatic rings. The Balaban J connectivity index is 0.000000222. The molecule has 6 aromatic rings. The SMILES string of the molecule is Nc1ccccc1S(=O)(=O)Nc1ccccc1.O=C(Nc1ccc(C(F)(F)F)cc1)Nc1ccccc1S(=O)(=O)Nc1ccccc1.O=C=Nc1ccc(C(F)(F)F)cc1. The van der Waals surface area contributed by atoms with Crippen molar-refractivity contribution in [1.29, 1.82) is 0 Å². The van der Waals surface area contributed by atoms with Crippen LogP contribution in [0.1, 0.15) is 11.1 Å². The van der Waals surface area contributed by atoms with E-state index in [0.29, 0.717) is 11.4 Å². The first-order valence-electron chi connectivity index (χ1n) is 16.9. The summed E-state index contributed by atoms with van der Waals surface area (Å²) in [5, 5.41) is 4.77. The zero-order valence-electron chi connectivity index (χ0n) is 30.6. The molecular formula is C40H32F6N6O6S2. The van der Waals surface area contributed by atoms with Crippen LogP contribution in [0.5, 0.6) is 0 Å². The number of rotatable bonds is 9. The van der Waals surface area contributed by atoms with E-state index in [-0.39, 0.29) is 32.5 Å². The Labute approximate surface area is 339 Å². The number of nitrogens with one attached hydrogen (secondary N) is 4. The second-order valence-electron chi connectivity index (χ2n) is 11.9. The lowest BCUT2D eigenvalue weighted by molar-refractivity contribution is -0.138. The second-order valence-corrected chi connectivity index (χ2v) is 15.2. The lowest BCUT2D eigenvalue weighted by Gasteiger charge is -2.14. The molecule has 0 saturated heterocycles. The van der Waals surface area contributed by atoms with Gasteiger partial charge in [-0.1, -0.05) is 60.7 Å². The largest absolute Gasteiger partial charge is 0.416 e. The fraction of sp³-hybridized carbons (Fsp3) is 0.0500. The molecule has 0 aliphatic heterocycles. The van der Waals surface area contributed by atoms with E-state index in [1.807, 2.05) is 6.07 Å². The van der Waals surface area contributed by atoms with Crippen LogP contribution in [-0.4, -0.2) is 28.9 Å². The maximum Gasteiger partial charge on any atom is 0.416 e. The molecule has 0 spiro atoms. The number of benzene rings is 6. The van der Waals surface area contributed by atoms with E-state index in [0.717, 1.165) is 48.5 Å². The van der Waals surface area contributed by atoms with Crippen molar-refractivity contribution in [1.82, 2.24) is 0 Å². The van der Waals surface area contributed by atoms with Crippen molar-refractivity contribution in [3.63, 3.8) is 0 Å². The number of alkyl halides is 6. The van der Waals surface area contributed by atoms with E-state index in [9.17, 15) is 52.8 Å². The van der Waals surface area contributed by atoms with Gasteiger partial charge in [-0.2, -0.15) is 31.3 Å². The Morgan fingerprint density at radius 2 is 0.933 bits per heavy atom. The number of para-hydroxylation sites is 4. The molecule has 312 valence electrons. The van der Waals surface area contributed by atoms with Gasteiger partial charge in [-0.25, -0.2) is 26.4 Å². The van der Waals surface area contributed by atoms with Crippen molar-refractivity contribution in [2.24, 2.45) is 4.99 Å². The average Bonchev–Trinajstić information content (AvgIpc) is 3.19. The van der Waals surface area contributed by atoms with Crippen LogP contribution in [0.2, 0.25) is 0 Å². The van der Waals surface area contributed by atoms with Crippen LogP contribution in [0.3, 0.4) is 0 Å². The molecule has 12 nitrogen and oxygen atoms in total. The van der Waals surface area contributed by atoms with Crippen LogP contribution in [0, 0.1) is 0 Å². The molecule has 0 saturated carbocycles. The minimum absolute atomic E-state index is 0.00495. The van der Waals surface area contributed by atoms with Gasteiger partial charge in [-0.3, -0.25) is 9.44 Å². The van der Waals surface area contributed by atoms with Crippen molar-refractivity contribution in [3.8, 4) is 0 Å². The second kappa shape index (κ2) is 20.0. The number of carbonyl (C=O) groups is 1. The van der Waals surface area contributed by atoms with Gasteiger partial charge in [0.2, 0.25) is 6.08 Å². The zero-order valence-corrected chi connectivity index (χ0v) is 32.2. The molecule has 0 unspecified atom stereocenters. The fourth-order valence-corrected chi connectivity index (χ4v) is 7.18. The standard InChI is InChI=1S/C20H16F3N3O3S.C12H12N2O2S.C8H4F3NO/c21-20(22,23)14-10-12-15(13-11-14)24-19(27)25-17-8-4-5-9-18(17)30(28,29)26-16-6-2-1-3-7-16;13-11-8-4-5-9-12(11)17(15,16)14-10-6-2-1-3-7-10;9-8(10,11)6-1-3-7(4-2-6)12-5-13/h1-13,26H,(H2,24,25,27);1-9,14H,13H2;1-4H. The number of halogens is 6. The van der Waals surface area contributed by atoms with Crippen molar-refractivity contribution in [2.45, 2.75) is 22.1 Å². The fourth-order valence-electron chi connectivity index (χ4n) is 4.77. The number of hydrogen-bond acceptors (Lipinski definition) is 8. The van der Waals surface area contributed by atoms with Crippen molar-refractivity contribution < 1.29 is 52.8 Å². The number of nitrogen functional groups attached to an aromatic ring is 1. The lowest BCUT2D eigenvalue weighted by atomic mass is 10.2. The molecular weight excluding hydrogens is 839 g/mol. The zero-order chi connectivity index (χ0) is 44.0. The summed E-state index contributed by atoms with van der Waals surface area (Å²) in [6.07, 6.45) is -7.61. The Bertz CT molecular complexity index is 2630. The van der Waals surface area contributed by atoms with Crippen LogP contribution in [0.15, 0.2) is 173 Å². The third-order valence-corrected chi connectivity index (χ3v) is 10.4. The van der Waals surface area contributed by atoms with Crippen molar-refractivity contribution in [3.05, 3.63) is 169 Å². The molecule has 6 rings (SSSR count). The quantitative estimate of drug-likeness (QED) is 0.0414. The Hall–Kier alpha value is -7.15. The van der Waals surface area contributed by atoms with Gasteiger partial charge in [0.05, 0.1) is 28.2 Å². The van der Waals surface area contributed by atoms with E-state index in [2.05, 4.69) is 25.1 Å². The molecule has 0 aromatic heterocycles. The first-order valence-corrected chi connectivity index (χ1v) is 19.8. The number of nitrogens with zero attached hydrogens (tertiary/aromatic N) is 1. The van der Waals surface area contributed by atoms with Crippen LogP contribution in [0.25, 0.3) is 0 Å². The van der Waals surface area contributed by atoms with Gasteiger partial charge in [0.15, 0.2) is 0 Å². The molecule has 0 heterocycles. The average molecular weight is 871 g/mol. The monoisotopic (exact) mass is 870 g/mol. The lowest BCUT2D eigenvalue weighted by Crippen LogP contribution is -2.22. The molecule has 0 fully saturated rings. The van der Waals surface area contributed by atoms with E-state index in [4.69, 9.17) is 5.73 Å². The summed E-state index contributed by atoms with van der Waals surface area (Å²) in [5.74, 6) is 0.